The zero-order valence-electron chi connectivity index (χ0n) is 13.6. The van der Waals surface area contributed by atoms with Crippen LogP contribution in [0.4, 0.5) is 0 Å². The molecule has 0 unspecified atom stereocenters. The molecule has 3 nitrogen and oxygen atoms in total. The third kappa shape index (κ3) is 2.29. The Kier molecular flexibility index (Phi) is 4.00. The first-order valence-corrected chi connectivity index (χ1v) is 9.46. The van der Waals surface area contributed by atoms with Gasteiger partial charge in [-0.25, -0.2) is 0 Å². The Morgan fingerprint density at radius 1 is 0.591 bits per heavy atom. The van der Waals surface area contributed by atoms with Crippen LogP contribution < -0.4 is 0 Å². The molecule has 0 aliphatic rings. The van der Waals surface area contributed by atoms with Gasteiger partial charge in [0, 0.05) is 0 Å². The molecule has 0 fully saturated rings. The normalized spacial score (nSPS) is 15.1. The van der Waals surface area contributed by atoms with Gasteiger partial charge in [-0.2, -0.15) is 0 Å². The summed E-state index contributed by atoms with van der Waals surface area (Å²) in [7, 11) is -5.14. The predicted molar refractivity (Wildman–Crippen MR) is 92.5 cm³/mol. The van der Waals surface area contributed by atoms with Crippen LogP contribution in [0.25, 0.3) is 0 Å². The molecule has 0 spiro atoms. The molecule has 2 aromatic rings. The molecule has 0 heterocycles. The van der Waals surface area contributed by atoms with Gasteiger partial charge < -0.3 is 0 Å². The van der Waals surface area contributed by atoms with E-state index in [1.54, 1.807) is 27.7 Å². The van der Waals surface area contributed by atoms with Crippen LogP contribution in [0.5, 0.6) is 0 Å². The standard InChI is InChI=1S/C18H25O3P/c1-17(2,15-11-7-5-8-12-15)22(19,20,21)18(3,4)16-13-9-6-10-14-16/h5-14,19-21H,1-4H3. The summed E-state index contributed by atoms with van der Waals surface area (Å²) in [4.78, 5) is 33.6. The first kappa shape index (κ1) is 17.1. The van der Waals surface area contributed by atoms with E-state index in [0.29, 0.717) is 11.1 Å². The van der Waals surface area contributed by atoms with Gasteiger partial charge in [-0.3, -0.25) is 0 Å². The molecular weight excluding hydrogens is 295 g/mol. The van der Waals surface area contributed by atoms with Crippen LogP contribution in [-0.4, -0.2) is 14.7 Å². The zero-order chi connectivity index (χ0) is 16.7. The van der Waals surface area contributed by atoms with Gasteiger partial charge in [-0.1, -0.05) is 0 Å². The van der Waals surface area contributed by atoms with Gasteiger partial charge in [0.05, 0.1) is 0 Å². The summed E-state index contributed by atoms with van der Waals surface area (Å²) in [5, 5.41) is -2.38. The van der Waals surface area contributed by atoms with E-state index in [1.807, 2.05) is 60.7 Å². The molecule has 0 aliphatic carbocycles. The summed E-state index contributed by atoms with van der Waals surface area (Å²) in [5.41, 5.74) is 1.40. The van der Waals surface area contributed by atoms with Crippen molar-refractivity contribution < 1.29 is 14.7 Å². The Balaban J connectivity index is 2.64. The van der Waals surface area contributed by atoms with E-state index in [-0.39, 0.29) is 0 Å². The fourth-order valence-electron chi connectivity index (χ4n) is 2.87. The van der Waals surface area contributed by atoms with Crippen LogP contribution in [0.1, 0.15) is 38.8 Å². The molecule has 2 aromatic carbocycles. The summed E-state index contributed by atoms with van der Waals surface area (Å²) in [6.07, 6.45) is 0. The van der Waals surface area contributed by atoms with E-state index in [4.69, 9.17) is 0 Å². The van der Waals surface area contributed by atoms with E-state index in [1.165, 1.54) is 0 Å². The van der Waals surface area contributed by atoms with Gasteiger partial charge in [-0.05, 0) is 0 Å². The van der Waals surface area contributed by atoms with Crippen molar-refractivity contribution in [3.8, 4) is 0 Å². The van der Waals surface area contributed by atoms with Crippen molar-refractivity contribution in [2.45, 2.75) is 38.0 Å². The van der Waals surface area contributed by atoms with Crippen LogP contribution in [0, 0.1) is 0 Å². The minimum atomic E-state index is -5.14. The number of hydrogen-bond acceptors (Lipinski definition) is 3. The van der Waals surface area contributed by atoms with Crippen molar-refractivity contribution in [3.05, 3.63) is 71.8 Å². The SMILES string of the molecule is CC(C)(c1ccccc1)P(O)(O)(O)C(C)(C)c1ccccc1. The zero-order valence-corrected chi connectivity index (χ0v) is 14.5. The van der Waals surface area contributed by atoms with E-state index >= 15 is 0 Å². The fraction of sp³-hybridized carbons (Fsp3) is 0.333. The van der Waals surface area contributed by atoms with Crippen molar-refractivity contribution >= 4 is 7.28 Å². The van der Waals surface area contributed by atoms with Crippen LogP contribution in [0.15, 0.2) is 60.7 Å². The summed E-state index contributed by atoms with van der Waals surface area (Å²) in [6.45, 7) is 6.74. The molecule has 3 N–H and O–H groups in total. The Morgan fingerprint density at radius 3 is 1.14 bits per heavy atom. The number of hydrogen-bond donors (Lipinski definition) is 3. The Hall–Kier alpha value is -1.25. The summed E-state index contributed by atoms with van der Waals surface area (Å²) in [5.74, 6) is 0. The van der Waals surface area contributed by atoms with Gasteiger partial charge in [0.15, 0.2) is 0 Å². The Morgan fingerprint density at radius 2 is 0.864 bits per heavy atom. The maximum atomic E-state index is 11.2. The van der Waals surface area contributed by atoms with Gasteiger partial charge in [0.1, 0.15) is 0 Å². The second kappa shape index (κ2) is 5.14. The first-order chi connectivity index (χ1) is 10.00. The monoisotopic (exact) mass is 320 g/mol. The predicted octanol–water partition coefficient (Wildman–Crippen LogP) is 4.13. The van der Waals surface area contributed by atoms with Crippen molar-refractivity contribution in [2.75, 3.05) is 0 Å². The molecular formula is C18H25O3P. The van der Waals surface area contributed by atoms with Gasteiger partial charge in [0.2, 0.25) is 0 Å². The van der Waals surface area contributed by atoms with E-state index in [0.717, 1.165) is 0 Å². The molecule has 0 saturated heterocycles. The molecule has 2 rings (SSSR count). The average Bonchev–Trinajstić information content (AvgIpc) is 2.48. The second-order valence-corrected chi connectivity index (χ2v) is 11.0. The minimum absolute atomic E-state index is 0.698. The Labute approximate surface area is 132 Å². The molecule has 0 aromatic heterocycles. The molecule has 0 amide bonds. The van der Waals surface area contributed by atoms with E-state index < -0.39 is 17.6 Å². The van der Waals surface area contributed by atoms with Crippen LogP contribution >= 0.6 is 7.28 Å². The van der Waals surface area contributed by atoms with Crippen LogP contribution in [0.3, 0.4) is 0 Å². The van der Waals surface area contributed by atoms with Crippen molar-refractivity contribution in [2.24, 2.45) is 0 Å². The first-order valence-electron chi connectivity index (χ1n) is 7.37. The van der Waals surface area contributed by atoms with Crippen molar-refractivity contribution in [1.29, 1.82) is 0 Å². The quantitative estimate of drug-likeness (QED) is 0.742. The molecule has 4 heteroatoms. The molecule has 0 aliphatic heterocycles. The van der Waals surface area contributed by atoms with Crippen molar-refractivity contribution in [1.82, 2.24) is 0 Å². The molecule has 120 valence electrons. The molecule has 22 heavy (non-hydrogen) atoms. The Bertz CT molecular complexity index is 585. The van der Waals surface area contributed by atoms with Gasteiger partial charge in [0.25, 0.3) is 0 Å². The number of rotatable bonds is 4. The maximum absolute atomic E-state index is 11.2. The second-order valence-electron chi connectivity index (χ2n) is 6.83. The number of benzene rings is 2. The van der Waals surface area contributed by atoms with Crippen LogP contribution in [-0.2, 0) is 10.3 Å². The van der Waals surface area contributed by atoms with E-state index in [9.17, 15) is 14.7 Å². The molecule has 0 atom stereocenters. The third-order valence-corrected chi connectivity index (χ3v) is 9.65. The van der Waals surface area contributed by atoms with Gasteiger partial charge >= 0.3 is 132 Å². The topological polar surface area (TPSA) is 60.7 Å². The molecule has 0 radical (unpaired) electrons. The summed E-state index contributed by atoms with van der Waals surface area (Å²) < 4.78 is 0. The third-order valence-electron chi connectivity index (χ3n) is 5.02. The van der Waals surface area contributed by atoms with Crippen LogP contribution in [0.2, 0.25) is 0 Å². The van der Waals surface area contributed by atoms with E-state index in [2.05, 4.69) is 0 Å². The van der Waals surface area contributed by atoms with Gasteiger partial charge in [-0.15, -0.1) is 0 Å². The molecule has 0 bridgehead atoms. The fourth-order valence-corrected chi connectivity index (χ4v) is 5.51. The summed E-state index contributed by atoms with van der Waals surface area (Å²) in [6, 6.07) is 18.3. The van der Waals surface area contributed by atoms with Crippen molar-refractivity contribution in [3.63, 3.8) is 0 Å². The molecule has 0 saturated carbocycles. The average molecular weight is 320 g/mol. The summed E-state index contributed by atoms with van der Waals surface area (Å²) >= 11 is 0.